The third-order valence-electron chi connectivity index (χ3n) is 6.04. The van der Waals surface area contributed by atoms with Crippen LogP contribution in [-0.2, 0) is 9.53 Å². The minimum absolute atomic E-state index is 0.130. The summed E-state index contributed by atoms with van der Waals surface area (Å²) in [7, 11) is 0. The van der Waals surface area contributed by atoms with Gasteiger partial charge in [-0.2, -0.15) is 0 Å². The molecule has 2 heterocycles. The van der Waals surface area contributed by atoms with Gasteiger partial charge >= 0.3 is 0 Å². The molecule has 2 atom stereocenters. The summed E-state index contributed by atoms with van der Waals surface area (Å²) in [4.78, 5) is 14.7. The zero-order valence-corrected chi connectivity index (χ0v) is 16.2. The monoisotopic (exact) mass is 354 g/mol. The standard InChI is InChI=1S/C22H30N2O2/c1-22(2,3)20-14-16-6-7-17(23-21(25)15-4-5-15)8-9-19(16)24(20)18-10-12-26-13-11-18/h8-9,15-16,18,20H,4-5,10-14H2,1-3H3,(H,23,25). The number of ether oxygens (including phenoxy) is 1. The zero-order chi connectivity index (χ0) is 18.3. The van der Waals surface area contributed by atoms with E-state index < -0.39 is 0 Å². The maximum absolute atomic E-state index is 12.1. The summed E-state index contributed by atoms with van der Waals surface area (Å²) >= 11 is 0. The molecule has 26 heavy (non-hydrogen) atoms. The third kappa shape index (κ3) is 3.55. The number of fused-ring (bicyclic) bond motifs is 1. The summed E-state index contributed by atoms with van der Waals surface area (Å²) in [5.41, 5.74) is 2.29. The van der Waals surface area contributed by atoms with Crippen molar-refractivity contribution in [3.05, 3.63) is 23.5 Å². The van der Waals surface area contributed by atoms with Crippen molar-refractivity contribution in [3.8, 4) is 11.8 Å². The molecule has 2 aliphatic carbocycles. The van der Waals surface area contributed by atoms with Gasteiger partial charge < -0.3 is 15.0 Å². The van der Waals surface area contributed by atoms with Crippen LogP contribution in [0.5, 0.6) is 0 Å². The highest BCUT2D eigenvalue weighted by atomic mass is 16.5. The Bertz CT molecular complexity index is 694. The molecule has 1 N–H and O–H groups in total. The van der Waals surface area contributed by atoms with Crippen molar-refractivity contribution < 1.29 is 9.53 Å². The second-order valence-electron chi connectivity index (χ2n) is 9.13. The molecule has 0 aromatic carbocycles. The Hall–Kier alpha value is -1.73. The Morgan fingerprint density at radius 3 is 2.58 bits per heavy atom. The first-order valence-corrected chi connectivity index (χ1v) is 10.0. The molecule has 1 saturated carbocycles. The molecule has 2 aliphatic heterocycles. The Morgan fingerprint density at radius 1 is 1.19 bits per heavy atom. The number of rotatable bonds is 3. The molecule has 0 spiro atoms. The number of hydrogen-bond donors (Lipinski definition) is 1. The lowest BCUT2D eigenvalue weighted by Gasteiger charge is -2.43. The van der Waals surface area contributed by atoms with Crippen molar-refractivity contribution in [3.63, 3.8) is 0 Å². The number of hydrogen-bond acceptors (Lipinski definition) is 3. The van der Waals surface area contributed by atoms with Gasteiger partial charge in [0.05, 0.1) is 11.6 Å². The van der Waals surface area contributed by atoms with Crippen molar-refractivity contribution in [2.45, 2.75) is 65.0 Å². The van der Waals surface area contributed by atoms with Gasteiger partial charge in [-0.25, -0.2) is 0 Å². The summed E-state index contributed by atoms with van der Waals surface area (Å²) in [6.07, 6.45) is 9.47. The molecule has 4 nitrogen and oxygen atoms in total. The Morgan fingerprint density at radius 2 is 1.92 bits per heavy atom. The van der Waals surface area contributed by atoms with E-state index in [1.165, 1.54) is 5.70 Å². The fourth-order valence-corrected chi connectivity index (χ4v) is 4.38. The van der Waals surface area contributed by atoms with Crippen LogP contribution >= 0.6 is 0 Å². The highest BCUT2D eigenvalue weighted by Gasteiger charge is 2.44. The molecule has 1 amide bonds. The minimum Gasteiger partial charge on any atom is -0.381 e. The summed E-state index contributed by atoms with van der Waals surface area (Å²) in [6, 6.07) is 1.02. The van der Waals surface area contributed by atoms with Crippen molar-refractivity contribution >= 4 is 5.91 Å². The molecule has 4 heteroatoms. The second-order valence-corrected chi connectivity index (χ2v) is 9.13. The molecule has 4 aliphatic rings. The smallest absolute Gasteiger partial charge is 0.227 e. The highest BCUT2D eigenvalue weighted by Crippen LogP contribution is 2.44. The van der Waals surface area contributed by atoms with Crippen LogP contribution in [0.3, 0.4) is 0 Å². The Labute approximate surface area is 157 Å². The summed E-state index contributed by atoms with van der Waals surface area (Å²) in [5, 5.41) is 3.01. The number of nitrogens with zero attached hydrogens (tertiary/aromatic N) is 1. The van der Waals surface area contributed by atoms with Crippen LogP contribution in [0.25, 0.3) is 0 Å². The van der Waals surface area contributed by atoms with E-state index >= 15 is 0 Å². The molecule has 2 saturated heterocycles. The number of carbonyl (C=O) groups is 1. The molecule has 0 aromatic rings. The van der Waals surface area contributed by atoms with Crippen LogP contribution in [0.15, 0.2) is 23.5 Å². The topological polar surface area (TPSA) is 41.6 Å². The van der Waals surface area contributed by atoms with Gasteiger partial charge in [-0.05, 0) is 55.6 Å². The van der Waals surface area contributed by atoms with Crippen LogP contribution in [0, 0.1) is 29.1 Å². The van der Waals surface area contributed by atoms with Gasteiger partial charge in [0.1, 0.15) is 0 Å². The summed E-state index contributed by atoms with van der Waals surface area (Å²) < 4.78 is 5.60. The van der Waals surface area contributed by atoms with Gasteiger partial charge in [-0.3, -0.25) is 4.79 Å². The predicted molar refractivity (Wildman–Crippen MR) is 102 cm³/mol. The molecule has 0 radical (unpaired) electrons. The molecular formula is C22H30N2O2. The van der Waals surface area contributed by atoms with E-state index in [0.717, 1.165) is 51.0 Å². The van der Waals surface area contributed by atoms with E-state index in [9.17, 15) is 4.79 Å². The predicted octanol–water partition coefficient (Wildman–Crippen LogP) is 3.21. The van der Waals surface area contributed by atoms with Crippen molar-refractivity contribution in [1.29, 1.82) is 0 Å². The zero-order valence-electron chi connectivity index (χ0n) is 16.2. The first-order chi connectivity index (χ1) is 12.4. The first-order valence-electron chi connectivity index (χ1n) is 10.0. The number of carbonyl (C=O) groups excluding carboxylic acids is 1. The second kappa shape index (κ2) is 6.78. The van der Waals surface area contributed by atoms with E-state index in [1.807, 2.05) is 6.08 Å². The SMILES string of the molecule is CC(C)(C)C1CC2C#CC(NC(=O)C3CC3)=CC=C2N1C1CCOCC1. The minimum atomic E-state index is 0.130. The van der Waals surface area contributed by atoms with Gasteiger partial charge in [-0.15, -0.1) is 0 Å². The normalized spacial score (nSPS) is 29.1. The largest absolute Gasteiger partial charge is 0.381 e. The number of amides is 1. The fraction of sp³-hybridized carbons (Fsp3) is 0.682. The number of allylic oxidation sites excluding steroid dienone is 4. The average Bonchev–Trinajstić information content (AvgIpc) is 3.41. The van der Waals surface area contributed by atoms with E-state index in [-0.39, 0.29) is 23.2 Å². The van der Waals surface area contributed by atoms with Crippen molar-refractivity contribution in [1.82, 2.24) is 10.2 Å². The molecule has 0 aromatic heterocycles. The molecular weight excluding hydrogens is 324 g/mol. The van der Waals surface area contributed by atoms with Crippen LogP contribution in [-0.4, -0.2) is 36.1 Å². The van der Waals surface area contributed by atoms with E-state index in [1.54, 1.807) is 0 Å². The van der Waals surface area contributed by atoms with Gasteiger partial charge in [0.25, 0.3) is 0 Å². The molecule has 4 rings (SSSR count). The lowest BCUT2D eigenvalue weighted by atomic mass is 9.83. The van der Waals surface area contributed by atoms with Crippen LogP contribution < -0.4 is 5.32 Å². The van der Waals surface area contributed by atoms with Gasteiger partial charge in [-0.1, -0.05) is 26.7 Å². The fourth-order valence-electron chi connectivity index (χ4n) is 4.38. The van der Waals surface area contributed by atoms with Crippen molar-refractivity contribution in [2.24, 2.45) is 17.3 Å². The lowest BCUT2D eigenvalue weighted by molar-refractivity contribution is -0.121. The van der Waals surface area contributed by atoms with E-state index in [0.29, 0.717) is 12.1 Å². The van der Waals surface area contributed by atoms with Gasteiger partial charge in [0, 0.05) is 36.9 Å². The maximum atomic E-state index is 12.1. The van der Waals surface area contributed by atoms with Crippen molar-refractivity contribution in [2.75, 3.05) is 13.2 Å². The van der Waals surface area contributed by atoms with E-state index in [4.69, 9.17) is 4.74 Å². The lowest BCUT2D eigenvalue weighted by Crippen LogP contribution is -2.46. The summed E-state index contributed by atoms with van der Waals surface area (Å²) in [5.74, 6) is 7.29. The summed E-state index contributed by atoms with van der Waals surface area (Å²) in [6.45, 7) is 8.70. The average molecular weight is 354 g/mol. The molecule has 2 unspecified atom stereocenters. The van der Waals surface area contributed by atoms with Crippen LogP contribution in [0.1, 0.15) is 52.9 Å². The van der Waals surface area contributed by atoms with Gasteiger partial charge in [0.2, 0.25) is 5.91 Å². The molecule has 0 bridgehead atoms. The maximum Gasteiger partial charge on any atom is 0.227 e. The quantitative estimate of drug-likeness (QED) is 0.791. The Balaban J connectivity index is 1.60. The molecule has 3 fully saturated rings. The third-order valence-corrected chi connectivity index (χ3v) is 6.04. The highest BCUT2D eigenvalue weighted by molar-refractivity contribution is 5.83. The van der Waals surface area contributed by atoms with Gasteiger partial charge in [0.15, 0.2) is 0 Å². The Kier molecular flexibility index (Phi) is 4.61. The number of nitrogens with one attached hydrogen (secondary N) is 1. The number of likely N-dealkylation sites (tertiary alicyclic amines) is 1. The van der Waals surface area contributed by atoms with Crippen LogP contribution in [0.2, 0.25) is 0 Å². The molecule has 140 valence electrons. The van der Waals surface area contributed by atoms with E-state index in [2.05, 4.69) is 48.9 Å². The first kappa shape index (κ1) is 17.7. The van der Waals surface area contributed by atoms with Crippen LogP contribution in [0.4, 0.5) is 0 Å².